The molecule has 2 N–H and O–H groups in total. The van der Waals surface area contributed by atoms with Gasteiger partial charge in [0.1, 0.15) is 12.6 Å². The van der Waals surface area contributed by atoms with Crippen LogP contribution in [0.4, 0.5) is 0 Å². The molecule has 0 fully saturated rings. The smallest absolute Gasteiger partial charge is 0.322 e. The molecule has 0 bridgehead atoms. The summed E-state index contributed by atoms with van der Waals surface area (Å²) in [4.78, 5) is 34.7. The number of ether oxygens (including phenoxy) is 1. The Hall–Kier alpha value is -2.63. The molecule has 0 heterocycles. The number of esters is 1. The van der Waals surface area contributed by atoms with E-state index in [0.717, 1.165) is 70.6 Å². The van der Waals surface area contributed by atoms with E-state index in [-0.39, 0.29) is 24.5 Å². The normalized spacial score (nSPS) is 12.6. The van der Waals surface area contributed by atoms with Gasteiger partial charge in [0.05, 0.1) is 0 Å². The van der Waals surface area contributed by atoms with Crippen LogP contribution < -0.4 is 5.32 Å². The number of hydrogen-bond acceptors (Lipinski definition) is 4. The Morgan fingerprint density at radius 3 is 1.67 bits per heavy atom. The fourth-order valence-electron chi connectivity index (χ4n) is 5.09. The summed E-state index contributed by atoms with van der Waals surface area (Å²) in [6, 6.07) is 0. The van der Waals surface area contributed by atoms with Crippen LogP contribution in [-0.2, 0) is 19.1 Å². The van der Waals surface area contributed by atoms with Crippen LogP contribution in [0.15, 0.2) is 48.6 Å². The monoisotopic (exact) mass is 630 g/mol. The van der Waals surface area contributed by atoms with Crippen LogP contribution in [0, 0.1) is 0 Å². The van der Waals surface area contributed by atoms with E-state index in [1.54, 1.807) is 0 Å². The Morgan fingerprint density at radius 1 is 0.600 bits per heavy atom. The summed E-state index contributed by atoms with van der Waals surface area (Å²) in [5.41, 5.74) is 0. The summed E-state index contributed by atoms with van der Waals surface area (Å²) >= 11 is 0. The number of carbonyl (C=O) groups excluding carboxylic acids is 2. The van der Waals surface area contributed by atoms with Crippen molar-refractivity contribution in [1.29, 1.82) is 0 Å². The Kier molecular flexibility index (Phi) is 32.2. The zero-order chi connectivity index (χ0) is 33.1. The number of allylic oxidation sites excluding steroid dienone is 8. The highest BCUT2D eigenvalue weighted by Crippen LogP contribution is 2.17. The summed E-state index contributed by atoms with van der Waals surface area (Å²) < 4.78 is 5.87. The molecule has 45 heavy (non-hydrogen) atoms. The van der Waals surface area contributed by atoms with Crippen LogP contribution in [0.1, 0.15) is 168 Å². The highest BCUT2D eigenvalue weighted by molar-refractivity contribution is 5.80. The number of hydrogen-bond donors (Lipinski definition) is 2. The summed E-state index contributed by atoms with van der Waals surface area (Å²) in [7, 11) is 0. The third-order valence-corrected chi connectivity index (χ3v) is 7.77. The molecular formula is C39H67NO5. The fourth-order valence-corrected chi connectivity index (χ4v) is 5.09. The molecule has 0 radical (unpaired) electrons. The Labute approximate surface area is 276 Å². The van der Waals surface area contributed by atoms with Gasteiger partial charge in [0.25, 0.3) is 0 Å². The van der Waals surface area contributed by atoms with E-state index in [4.69, 9.17) is 9.84 Å². The van der Waals surface area contributed by atoms with E-state index in [1.807, 2.05) is 0 Å². The van der Waals surface area contributed by atoms with Gasteiger partial charge >= 0.3 is 11.9 Å². The maximum Gasteiger partial charge on any atom is 0.322 e. The number of aliphatic carboxylic acids is 1. The first-order valence-electron chi connectivity index (χ1n) is 18.3. The van der Waals surface area contributed by atoms with Crippen molar-refractivity contribution in [3.63, 3.8) is 0 Å². The zero-order valence-corrected chi connectivity index (χ0v) is 29.0. The quantitative estimate of drug-likeness (QED) is 0.0439. The first kappa shape index (κ1) is 42.4. The number of carboxylic acid groups (broad SMARTS) is 1. The van der Waals surface area contributed by atoms with Crippen LogP contribution in [0.2, 0.25) is 0 Å². The van der Waals surface area contributed by atoms with Crippen LogP contribution in [0.25, 0.3) is 0 Å². The van der Waals surface area contributed by atoms with Gasteiger partial charge in [-0.15, -0.1) is 0 Å². The van der Waals surface area contributed by atoms with Gasteiger partial charge in [-0.2, -0.15) is 0 Å². The van der Waals surface area contributed by atoms with Crippen molar-refractivity contribution in [3.8, 4) is 0 Å². The van der Waals surface area contributed by atoms with Crippen molar-refractivity contribution < 1.29 is 24.2 Å². The van der Waals surface area contributed by atoms with Crippen LogP contribution in [0.3, 0.4) is 0 Å². The molecule has 0 saturated carbocycles. The molecule has 1 atom stereocenters. The number of amides is 1. The molecule has 0 rings (SSSR count). The summed E-state index contributed by atoms with van der Waals surface area (Å²) in [5.74, 6) is -1.33. The molecular weight excluding hydrogens is 562 g/mol. The molecule has 0 saturated heterocycles. The predicted octanol–water partition coefficient (Wildman–Crippen LogP) is 10.7. The van der Waals surface area contributed by atoms with E-state index in [2.05, 4.69) is 67.8 Å². The zero-order valence-electron chi connectivity index (χ0n) is 29.0. The third-order valence-electron chi connectivity index (χ3n) is 7.77. The van der Waals surface area contributed by atoms with Crippen molar-refractivity contribution in [2.75, 3.05) is 6.54 Å². The second-order valence-electron chi connectivity index (χ2n) is 12.1. The second kappa shape index (κ2) is 34.2. The third kappa shape index (κ3) is 34.1. The first-order valence-corrected chi connectivity index (χ1v) is 18.3. The number of carbonyl (C=O) groups is 3. The van der Waals surface area contributed by atoms with Gasteiger partial charge in [-0.05, 0) is 77.0 Å². The molecule has 6 nitrogen and oxygen atoms in total. The molecule has 0 aromatic rings. The van der Waals surface area contributed by atoms with Crippen LogP contribution in [-0.4, -0.2) is 35.6 Å². The number of carboxylic acids is 1. The SMILES string of the molecule is CC/C=C\C/C=C\C/C=C\C/C=C\CCCCCCCCCCC(=O)OC(CCCCCC)CCCCCC(=O)NCC(=O)O. The maximum absolute atomic E-state index is 12.5. The maximum atomic E-state index is 12.5. The predicted molar refractivity (Wildman–Crippen MR) is 189 cm³/mol. The molecule has 0 aromatic carbocycles. The number of rotatable bonds is 32. The van der Waals surface area contributed by atoms with Crippen molar-refractivity contribution in [1.82, 2.24) is 5.32 Å². The summed E-state index contributed by atoms with van der Waals surface area (Å²) in [6.07, 6.45) is 42.5. The molecule has 1 unspecified atom stereocenters. The van der Waals surface area contributed by atoms with Crippen LogP contribution >= 0.6 is 0 Å². The topological polar surface area (TPSA) is 92.7 Å². The highest BCUT2D eigenvalue weighted by atomic mass is 16.5. The van der Waals surface area contributed by atoms with Crippen molar-refractivity contribution in [2.45, 2.75) is 174 Å². The van der Waals surface area contributed by atoms with Crippen molar-refractivity contribution >= 4 is 17.8 Å². The van der Waals surface area contributed by atoms with Gasteiger partial charge in [0.2, 0.25) is 5.91 Å². The average molecular weight is 630 g/mol. The van der Waals surface area contributed by atoms with Gasteiger partial charge in [0, 0.05) is 12.8 Å². The molecule has 258 valence electrons. The highest BCUT2D eigenvalue weighted by Gasteiger charge is 2.14. The largest absolute Gasteiger partial charge is 0.480 e. The lowest BCUT2D eigenvalue weighted by molar-refractivity contribution is -0.150. The van der Waals surface area contributed by atoms with Gasteiger partial charge < -0.3 is 15.2 Å². The summed E-state index contributed by atoms with van der Waals surface area (Å²) in [6.45, 7) is 4.02. The number of unbranched alkanes of at least 4 members (excludes halogenated alkanes) is 13. The van der Waals surface area contributed by atoms with Gasteiger partial charge in [-0.1, -0.05) is 127 Å². The molecule has 0 aliphatic heterocycles. The Balaban J connectivity index is 3.84. The van der Waals surface area contributed by atoms with E-state index in [1.165, 1.54) is 64.2 Å². The molecule has 1 amide bonds. The minimum absolute atomic E-state index is 0.0353. The standard InChI is InChI=1S/C39H67NO5/c1-3-5-7-9-10-11-12-13-14-15-16-17-18-19-20-21-22-23-24-25-30-34-39(44)45-36(31-27-8-6-4-2)32-28-26-29-33-37(41)40-35-38(42)43/h5,7,10-11,13-14,16-17,36H,3-4,6,8-9,12,15,18-35H2,1-2H3,(H,40,41)(H,42,43)/b7-5-,11-10-,14-13-,17-16-. The minimum Gasteiger partial charge on any atom is -0.480 e. The Bertz CT molecular complexity index is 829. The molecule has 0 aliphatic rings. The fraction of sp³-hybridized carbons (Fsp3) is 0.718. The minimum atomic E-state index is -1.03. The van der Waals surface area contributed by atoms with Gasteiger partial charge in [0.15, 0.2) is 0 Å². The molecule has 0 aliphatic carbocycles. The van der Waals surface area contributed by atoms with Gasteiger partial charge in [-0.3, -0.25) is 14.4 Å². The van der Waals surface area contributed by atoms with E-state index in [0.29, 0.717) is 19.3 Å². The van der Waals surface area contributed by atoms with Gasteiger partial charge in [-0.25, -0.2) is 0 Å². The second-order valence-corrected chi connectivity index (χ2v) is 12.1. The van der Waals surface area contributed by atoms with E-state index < -0.39 is 5.97 Å². The van der Waals surface area contributed by atoms with Crippen LogP contribution in [0.5, 0.6) is 0 Å². The molecule has 0 aromatic heterocycles. The lowest BCUT2D eigenvalue weighted by atomic mass is 10.0. The average Bonchev–Trinajstić information content (AvgIpc) is 3.02. The molecule has 0 spiro atoms. The number of nitrogens with one attached hydrogen (secondary N) is 1. The van der Waals surface area contributed by atoms with Crippen molar-refractivity contribution in [3.05, 3.63) is 48.6 Å². The van der Waals surface area contributed by atoms with E-state index >= 15 is 0 Å². The van der Waals surface area contributed by atoms with Crippen molar-refractivity contribution in [2.24, 2.45) is 0 Å². The lowest BCUT2D eigenvalue weighted by Gasteiger charge is -2.18. The lowest BCUT2D eigenvalue weighted by Crippen LogP contribution is -2.28. The first-order chi connectivity index (χ1) is 22.0. The molecule has 6 heteroatoms. The van der Waals surface area contributed by atoms with E-state index in [9.17, 15) is 14.4 Å². The Morgan fingerprint density at radius 2 is 1.09 bits per heavy atom. The summed E-state index contributed by atoms with van der Waals surface area (Å²) in [5, 5.41) is 11.0.